The van der Waals surface area contributed by atoms with Crippen LogP contribution in [-0.2, 0) is 9.30 Å². The number of ether oxygens (including phenoxy) is 1. The summed E-state index contributed by atoms with van der Waals surface area (Å²) in [6.45, 7) is 8.18. The molecule has 0 fully saturated rings. The van der Waals surface area contributed by atoms with Crippen molar-refractivity contribution in [1.82, 2.24) is 0 Å². The van der Waals surface area contributed by atoms with E-state index in [2.05, 4.69) is 13.2 Å². The smallest absolute Gasteiger partial charge is 0.373 e. The second-order valence-corrected chi connectivity index (χ2v) is 2.65. The average molecular weight is 196 g/mol. The predicted molar refractivity (Wildman–Crippen MR) is 45.5 cm³/mol. The van der Waals surface area contributed by atoms with Crippen LogP contribution in [0.2, 0.25) is 0 Å². The van der Waals surface area contributed by atoms with E-state index in [1.54, 1.807) is 12.2 Å². The van der Waals surface area contributed by atoms with Gasteiger partial charge in [0.2, 0.25) is 0 Å². The van der Waals surface area contributed by atoms with E-state index in [1.807, 2.05) is 0 Å². The number of rotatable bonds is 4. The molecule has 0 heterocycles. The fraction of sp³-hybridized carbons (Fsp3) is 0.333. The first kappa shape index (κ1) is 14.1. The van der Waals surface area contributed by atoms with Crippen molar-refractivity contribution in [3.8, 4) is 0 Å². The van der Waals surface area contributed by atoms with Crippen LogP contribution in [0.3, 0.4) is 0 Å². The van der Waals surface area contributed by atoms with E-state index in [4.69, 9.17) is 24.0 Å². The van der Waals surface area contributed by atoms with Crippen LogP contribution in [0.4, 0.5) is 0 Å². The quantitative estimate of drug-likeness (QED) is 0.345. The molecule has 6 heteroatoms. The molecule has 72 valence electrons. The van der Waals surface area contributed by atoms with Gasteiger partial charge in [0, 0.05) is 0 Å². The Bertz CT molecular complexity index is 145. The molecule has 0 spiro atoms. The van der Waals surface area contributed by atoms with E-state index in [1.165, 1.54) is 0 Å². The molecule has 0 aliphatic carbocycles. The summed E-state index contributed by atoms with van der Waals surface area (Å²) in [6.07, 6.45) is 3.42. The first-order valence-corrected chi connectivity index (χ1v) is 4.56. The predicted octanol–water partition coefficient (Wildman–Crippen LogP) is 0.446. The maximum Gasteiger partial charge on any atom is 0.466 e. The summed E-state index contributed by atoms with van der Waals surface area (Å²) in [7, 11) is -4.64. The Kier molecular flexibility index (Phi) is 10.2. The van der Waals surface area contributed by atoms with Crippen molar-refractivity contribution in [2.24, 2.45) is 0 Å². The molecule has 0 aromatic rings. The molecule has 0 aromatic heterocycles. The zero-order chi connectivity index (χ0) is 10.0. The van der Waals surface area contributed by atoms with E-state index in [-0.39, 0.29) is 0 Å². The van der Waals surface area contributed by atoms with Gasteiger partial charge >= 0.3 is 7.82 Å². The largest absolute Gasteiger partial charge is 0.466 e. The highest BCUT2D eigenvalue weighted by Gasteiger charge is 2.00. The van der Waals surface area contributed by atoms with Crippen LogP contribution < -0.4 is 0 Å². The van der Waals surface area contributed by atoms with Gasteiger partial charge in [0.1, 0.15) is 0 Å². The molecule has 0 aliphatic rings. The molecular formula is C6H13O5P. The zero-order valence-electron chi connectivity index (χ0n) is 6.59. The summed E-state index contributed by atoms with van der Waals surface area (Å²) in [5.41, 5.74) is 0. The molecule has 0 bridgehead atoms. The van der Waals surface area contributed by atoms with Crippen molar-refractivity contribution >= 4 is 7.82 Å². The normalized spacial score (nSPS) is 9.58. The summed E-state index contributed by atoms with van der Waals surface area (Å²) in [4.78, 5) is 21.6. The molecule has 0 atom stereocenters. The lowest BCUT2D eigenvalue weighted by molar-refractivity contribution is 0.194. The van der Waals surface area contributed by atoms with Crippen LogP contribution >= 0.6 is 7.82 Å². The Hall–Kier alpha value is -0.450. The van der Waals surface area contributed by atoms with E-state index in [9.17, 15) is 0 Å². The summed E-state index contributed by atoms with van der Waals surface area (Å²) in [6, 6.07) is 0. The van der Waals surface area contributed by atoms with Crippen LogP contribution in [0.1, 0.15) is 0 Å². The van der Waals surface area contributed by atoms with E-state index in [0.717, 1.165) is 0 Å². The Morgan fingerprint density at radius 3 is 1.58 bits per heavy atom. The lowest BCUT2D eigenvalue weighted by atomic mass is 10.6. The molecule has 12 heavy (non-hydrogen) atoms. The van der Waals surface area contributed by atoms with Crippen molar-refractivity contribution in [1.29, 1.82) is 0 Å². The minimum atomic E-state index is -4.64. The fourth-order valence-electron chi connectivity index (χ4n) is 0.235. The molecule has 0 aromatic carbocycles. The average Bonchev–Trinajstić information content (AvgIpc) is 1.85. The third kappa shape index (κ3) is 55.4. The van der Waals surface area contributed by atoms with Gasteiger partial charge < -0.3 is 19.4 Å². The third-order valence-corrected chi connectivity index (χ3v) is 0.471. The van der Waals surface area contributed by atoms with Gasteiger partial charge in [-0.1, -0.05) is 12.2 Å². The first-order chi connectivity index (χ1) is 5.41. The van der Waals surface area contributed by atoms with Gasteiger partial charge in [-0.25, -0.2) is 4.57 Å². The van der Waals surface area contributed by atoms with Crippen LogP contribution in [0.5, 0.6) is 0 Å². The molecule has 0 radical (unpaired) electrons. The zero-order valence-corrected chi connectivity index (χ0v) is 7.48. The molecule has 0 amide bonds. The highest BCUT2D eigenvalue weighted by molar-refractivity contribution is 7.45. The second-order valence-electron chi connectivity index (χ2n) is 1.63. The summed E-state index contributed by atoms with van der Waals surface area (Å²) < 4.78 is 13.8. The van der Waals surface area contributed by atoms with E-state index < -0.39 is 7.82 Å². The maximum absolute atomic E-state index is 8.88. The highest BCUT2D eigenvalue weighted by Crippen LogP contribution is 2.25. The van der Waals surface area contributed by atoms with Crippen LogP contribution in [0, 0.1) is 0 Å². The summed E-state index contributed by atoms with van der Waals surface area (Å²) in [5.74, 6) is 0. The Morgan fingerprint density at radius 2 is 1.42 bits per heavy atom. The van der Waals surface area contributed by atoms with Crippen molar-refractivity contribution in [3.63, 3.8) is 0 Å². The molecule has 0 saturated heterocycles. The van der Waals surface area contributed by atoms with Crippen LogP contribution in [0.25, 0.3) is 0 Å². The SMILES string of the molecule is C=CCOCC=C.O=P(O)(O)O. The Balaban J connectivity index is 0. The van der Waals surface area contributed by atoms with Gasteiger partial charge in [-0.05, 0) is 0 Å². The number of phosphoric acid groups is 1. The summed E-state index contributed by atoms with van der Waals surface area (Å²) in [5, 5.41) is 0. The van der Waals surface area contributed by atoms with E-state index in [0.29, 0.717) is 13.2 Å². The fourth-order valence-corrected chi connectivity index (χ4v) is 0.235. The minimum Gasteiger partial charge on any atom is -0.373 e. The Labute approximate surface area is 71.2 Å². The standard InChI is InChI=1S/C6H10O.H3O4P/c1-3-5-7-6-4-2;1-5(2,3)4/h3-4H,1-2,5-6H2;(H3,1,2,3,4). The topological polar surface area (TPSA) is 87.0 Å². The van der Waals surface area contributed by atoms with Gasteiger partial charge in [0.15, 0.2) is 0 Å². The first-order valence-electron chi connectivity index (χ1n) is 2.99. The van der Waals surface area contributed by atoms with Crippen molar-refractivity contribution in [2.45, 2.75) is 0 Å². The van der Waals surface area contributed by atoms with Crippen LogP contribution in [0.15, 0.2) is 25.3 Å². The molecule has 0 saturated carbocycles. The Morgan fingerprint density at radius 1 is 1.17 bits per heavy atom. The molecule has 0 aliphatic heterocycles. The molecule has 0 rings (SSSR count). The highest BCUT2D eigenvalue weighted by atomic mass is 31.2. The van der Waals surface area contributed by atoms with Gasteiger partial charge in [-0.2, -0.15) is 0 Å². The van der Waals surface area contributed by atoms with Gasteiger partial charge in [-0.15, -0.1) is 13.2 Å². The summed E-state index contributed by atoms with van der Waals surface area (Å²) >= 11 is 0. The van der Waals surface area contributed by atoms with Crippen molar-refractivity contribution in [2.75, 3.05) is 13.2 Å². The van der Waals surface area contributed by atoms with Gasteiger partial charge in [-0.3, -0.25) is 0 Å². The monoisotopic (exact) mass is 196 g/mol. The number of hydrogen-bond donors (Lipinski definition) is 3. The lowest BCUT2D eigenvalue weighted by Gasteiger charge is -1.89. The van der Waals surface area contributed by atoms with Gasteiger partial charge in [0.25, 0.3) is 0 Å². The number of hydrogen-bond acceptors (Lipinski definition) is 2. The van der Waals surface area contributed by atoms with E-state index >= 15 is 0 Å². The van der Waals surface area contributed by atoms with Crippen LogP contribution in [-0.4, -0.2) is 27.9 Å². The molecule has 0 unspecified atom stereocenters. The van der Waals surface area contributed by atoms with Crippen molar-refractivity contribution < 1.29 is 24.0 Å². The molecular weight excluding hydrogens is 183 g/mol. The van der Waals surface area contributed by atoms with Crippen molar-refractivity contribution in [3.05, 3.63) is 25.3 Å². The maximum atomic E-state index is 8.88. The lowest BCUT2D eigenvalue weighted by Crippen LogP contribution is -1.87. The molecule has 5 nitrogen and oxygen atoms in total. The molecule has 3 N–H and O–H groups in total. The second kappa shape index (κ2) is 8.64. The van der Waals surface area contributed by atoms with Gasteiger partial charge in [0.05, 0.1) is 13.2 Å². The third-order valence-electron chi connectivity index (χ3n) is 0.471. The minimum absolute atomic E-state index is 0.617.